The zero-order valence-electron chi connectivity index (χ0n) is 12.0. The Hall–Kier alpha value is -2.02. The molecule has 4 rings (SSSR count). The Kier molecular flexibility index (Phi) is 3.07. The Labute approximate surface area is 122 Å². The SMILES string of the molecule is Cc1noc(C2CCN(c3nccnc3C3CNC3)C2)n1. The minimum Gasteiger partial charge on any atom is -0.354 e. The summed E-state index contributed by atoms with van der Waals surface area (Å²) in [6.07, 6.45) is 4.57. The summed E-state index contributed by atoms with van der Waals surface area (Å²) in [6, 6.07) is 0. The van der Waals surface area contributed by atoms with Crippen LogP contribution in [0.4, 0.5) is 5.82 Å². The summed E-state index contributed by atoms with van der Waals surface area (Å²) in [7, 11) is 0. The van der Waals surface area contributed by atoms with Crippen molar-refractivity contribution in [3.05, 3.63) is 29.8 Å². The molecular formula is C14H18N6O. The van der Waals surface area contributed by atoms with E-state index in [1.165, 1.54) is 0 Å². The van der Waals surface area contributed by atoms with Crippen molar-refractivity contribution in [2.24, 2.45) is 0 Å². The van der Waals surface area contributed by atoms with Gasteiger partial charge in [0.15, 0.2) is 11.6 Å². The molecule has 0 saturated carbocycles. The zero-order chi connectivity index (χ0) is 14.2. The molecule has 7 nitrogen and oxygen atoms in total. The number of hydrogen-bond acceptors (Lipinski definition) is 7. The van der Waals surface area contributed by atoms with E-state index in [0.717, 1.165) is 50.0 Å². The molecule has 0 radical (unpaired) electrons. The number of rotatable bonds is 3. The minimum absolute atomic E-state index is 0.292. The maximum absolute atomic E-state index is 5.31. The third-order valence-electron chi connectivity index (χ3n) is 4.25. The van der Waals surface area contributed by atoms with Gasteiger partial charge in [0.05, 0.1) is 11.6 Å². The van der Waals surface area contributed by atoms with E-state index in [9.17, 15) is 0 Å². The number of nitrogens with one attached hydrogen (secondary N) is 1. The van der Waals surface area contributed by atoms with Crippen LogP contribution in [0.2, 0.25) is 0 Å². The van der Waals surface area contributed by atoms with Crippen LogP contribution in [-0.4, -0.2) is 46.3 Å². The van der Waals surface area contributed by atoms with E-state index in [2.05, 4.69) is 30.3 Å². The van der Waals surface area contributed by atoms with Crippen LogP contribution in [0.15, 0.2) is 16.9 Å². The molecule has 1 unspecified atom stereocenters. The molecule has 1 atom stereocenters. The van der Waals surface area contributed by atoms with Crippen molar-refractivity contribution in [3.8, 4) is 0 Å². The van der Waals surface area contributed by atoms with Crippen LogP contribution in [0.5, 0.6) is 0 Å². The highest BCUT2D eigenvalue weighted by Crippen LogP contribution is 2.33. The highest BCUT2D eigenvalue weighted by atomic mass is 16.5. The van der Waals surface area contributed by atoms with E-state index in [4.69, 9.17) is 4.52 Å². The molecule has 21 heavy (non-hydrogen) atoms. The lowest BCUT2D eigenvalue weighted by atomic mass is 9.98. The summed E-state index contributed by atoms with van der Waals surface area (Å²) in [5.74, 6) is 3.23. The van der Waals surface area contributed by atoms with Gasteiger partial charge in [0.1, 0.15) is 0 Å². The van der Waals surface area contributed by atoms with Crippen molar-refractivity contribution < 1.29 is 4.52 Å². The first-order valence-corrected chi connectivity index (χ1v) is 7.38. The van der Waals surface area contributed by atoms with Crippen LogP contribution in [-0.2, 0) is 0 Å². The summed E-state index contributed by atoms with van der Waals surface area (Å²) in [5.41, 5.74) is 1.11. The van der Waals surface area contributed by atoms with Crippen molar-refractivity contribution in [2.75, 3.05) is 31.1 Å². The van der Waals surface area contributed by atoms with Gasteiger partial charge in [-0.1, -0.05) is 5.16 Å². The highest BCUT2D eigenvalue weighted by molar-refractivity contribution is 5.47. The first-order valence-electron chi connectivity index (χ1n) is 7.38. The van der Waals surface area contributed by atoms with Crippen molar-refractivity contribution in [1.82, 2.24) is 25.4 Å². The standard InChI is InChI=1S/C14H18N6O/c1-9-18-14(21-19-9)10-2-5-20(8-10)13-12(11-6-15-7-11)16-3-4-17-13/h3-4,10-11,15H,2,5-8H2,1H3. The average Bonchev–Trinajstić information content (AvgIpc) is 3.06. The van der Waals surface area contributed by atoms with Crippen molar-refractivity contribution in [3.63, 3.8) is 0 Å². The second-order valence-corrected chi connectivity index (χ2v) is 5.73. The predicted molar refractivity (Wildman–Crippen MR) is 76.2 cm³/mol. The second kappa shape index (κ2) is 5.07. The highest BCUT2D eigenvalue weighted by Gasteiger charge is 2.32. The van der Waals surface area contributed by atoms with Gasteiger partial charge in [0.25, 0.3) is 0 Å². The molecule has 110 valence electrons. The molecule has 2 aliphatic rings. The van der Waals surface area contributed by atoms with Gasteiger partial charge in [0, 0.05) is 44.5 Å². The van der Waals surface area contributed by atoms with Crippen molar-refractivity contribution in [1.29, 1.82) is 0 Å². The Balaban J connectivity index is 1.55. The van der Waals surface area contributed by atoms with Crippen LogP contribution in [0.25, 0.3) is 0 Å². The smallest absolute Gasteiger partial charge is 0.231 e. The van der Waals surface area contributed by atoms with Crippen LogP contribution >= 0.6 is 0 Å². The van der Waals surface area contributed by atoms with Crippen LogP contribution < -0.4 is 10.2 Å². The molecule has 0 amide bonds. The van der Waals surface area contributed by atoms with E-state index in [0.29, 0.717) is 17.7 Å². The van der Waals surface area contributed by atoms with Gasteiger partial charge in [-0.2, -0.15) is 4.98 Å². The number of anilines is 1. The molecular weight excluding hydrogens is 268 g/mol. The number of nitrogens with zero attached hydrogens (tertiary/aromatic N) is 5. The third kappa shape index (κ3) is 2.27. The molecule has 0 aliphatic carbocycles. The molecule has 2 saturated heterocycles. The fourth-order valence-corrected chi connectivity index (χ4v) is 2.99. The van der Waals surface area contributed by atoms with Gasteiger partial charge in [-0.05, 0) is 13.3 Å². The van der Waals surface area contributed by atoms with E-state index in [1.807, 2.05) is 6.92 Å². The average molecular weight is 286 g/mol. The number of aromatic nitrogens is 4. The van der Waals surface area contributed by atoms with E-state index in [-0.39, 0.29) is 0 Å². The topological polar surface area (TPSA) is 80.0 Å². The Morgan fingerprint density at radius 1 is 1.24 bits per heavy atom. The molecule has 2 aliphatic heterocycles. The molecule has 0 aromatic carbocycles. The molecule has 7 heteroatoms. The first-order chi connectivity index (χ1) is 10.3. The van der Waals surface area contributed by atoms with Crippen LogP contribution in [0.3, 0.4) is 0 Å². The lowest BCUT2D eigenvalue weighted by Crippen LogP contribution is -2.41. The number of hydrogen-bond donors (Lipinski definition) is 1. The van der Waals surface area contributed by atoms with Gasteiger partial charge in [-0.3, -0.25) is 4.98 Å². The lowest BCUT2D eigenvalue weighted by Gasteiger charge is -2.30. The van der Waals surface area contributed by atoms with E-state index in [1.54, 1.807) is 12.4 Å². The van der Waals surface area contributed by atoms with Gasteiger partial charge in [-0.15, -0.1) is 0 Å². The molecule has 2 aromatic heterocycles. The Morgan fingerprint density at radius 3 is 2.81 bits per heavy atom. The zero-order valence-corrected chi connectivity index (χ0v) is 12.0. The van der Waals surface area contributed by atoms with E-state index >= 15 is 0 Å². The Morgan fingerprint density at radius 2 is 2.10 bits per heavy atom. The maximum Gasteiger partial charge on any atom is 0.231 e. The van der Waals surface area contributed by atoms with Gasteiger partial charge in [0.2, 0.25) is 5.89 Å². The summed E-state index contributed by atoms with van der Waals surface area (Å²) >= 11 is 0. The molecule has 0 spiro atoms. The quantitative estimate of drug-likeness (QED) is 0.895. The summed E-state index contributed by atoms with van der Waals surface area (Å²) < 4.78 is 5.31. The maximum atomic E-state index is 5.31. The summed E-state index contributed by atoms with van der Waals surface area (Å²) in [6.45, 7) is 5.66. The lowest BCUT2D eigenvalue weighted by molar-refractivity contribution is 0.356. The minimum atomic E-state index is 0.292. The Bertz CT molecular complexity index is 638. The van der Waals surface area contributed by atoms with Crippen molar-refractivity contribution in [2.45, 2.75) is 25.2 Å². The molecule has 1 N–H and O–H groups in total. The fourth-order valence-electron chi connectivity index (χ4n) is 2.99. The largest absolute Gasteiger partial charge is 0.354 e. The monoisotopic (exact) mass is 286 g/mol. The van der Waals surface area contributed by atoms with Gasteiger partial charge in [-0.25, -0.2) is 4.98 Å². The predicted octanol–water partition coefficient (Wildman–Crippen LogP) is 0.849. The van der Waals surface area contributed by atoms with Gasteiger partial charge < -0.3 is 14.7 Å². The van der Waals surface area contributed by atoms with Crippen LogP contribution in [0.1, 0.15) is 35.7 Å². The van der Waals surface area contributed by atoms with E-state index < -0.39 is 0 Å². The second-order valence-electron chi connectivity index (χ2n) is 5.73. The summed E-state index contributed by atoms with van der Waals surface area (Å²) in [4.78, 5) is 15.8. The van der Waals surface area contributed by atoms with Crippen molar-refractivity contribution >= 4 is 5.82 Å². The molecule has 2 fully saturated rings. The molecule has 4 heterocycles. The molecule has 0 bridgehead atoms. The fraction of sp³-hybridized carbons (Fsp3) is 0.571. The third-order valence-corrected chi connectivity index (χ3v) is 4.25. The molecule has 2 aromatic rings. The first kappa shape index (κ1) is 12.7. The summed E-state index contributed by atoms with van der Waals surface area (Å²) in [5, 5.41) is 7.18. The van der Waals surface area contributed by atoms with Gasteiger partial charge >= 0.3 is 0 Å². The number of aryl methyl sites for hydroxylation is 1. The van der Waals surface area contributed by atoms with Crippen LogP contribution in [0, 0.1) is 6.92 Å². The normalized spacial score (nSPS) is 22.5.